The number of non-ortho nitro benzene ring substituents is 1. The van der Waals surface area contributed by atoms with Gasteiger partial charge >= 0.3 is 0 Å². The molecule has 148 valence electrons. The molecule has 29 heavy (non-hydrogen) atoms. The zero-order valence-corrected chi connectivity index (χ0v) is 16.0. The van der Waals surface area contributed by atoms with Gasteiger partial charge in [-0.05, 0) is 37.1 Å². The molecular formula is C20H19N5O4. The summed E-state index contributed by atoms with van der Waals surface area (Å²) in [6.45, 7) is 3.99. The number of carbonyl (C=O) groups excluding carboxylic acids is 1. The maximum Gasteiger partial charge on any atom is 0.292 e. The van der Waals surface area contributed by atoms with Gasteiger partial charge in [0.25, 0.3) is 17.2 Å². The van der Waals surface area contributed by atoms with Crippen LogP contribution in [0.3, 0.4) is 0 Å². The van der Waals surface area contributed by atoms with E-state index >= 15 is 0 Å². The highest BCUT2D eigenvalue weighted by Gasteiger charge is 2.16. The first-order chi connectivity index (χ1) is 13.9. The fraction of sp³-hybridized carbons (Fsp3) is 0.200. The second-order valence-electron chi connectivity index (χ2n) is 6.36. The molecule has 9 heteroatoms. The van der Waals surface area contributed by atoms with Gasteiger partial charge in [0, 0.05) is 24.1 Å². The van der Waals surface area contributed by atoms with Gasteiger partial charge < -0.3 is 0 Å². The standard InChI is InChI=1S/C20H19N5O4/c1-3-12-24-20(27)17-7-5-4-6-16(17)18(23-24)19(26)22-21-13(2)14-8-10-15(11-9-14)25(28)29/h4-11H,3,12H2,1-2H3,(H,22,26)/b21-13-. The van der Waals surface area contributed by atoms with Crippen LogP contribution >= 0.6 is 0 Å². The summed E-state index contributed by atoms with van der Waals surface area (Å²) in [6.07, 6.45) is 0.698. The van der Waals surface area contributed by atoms with Gasteiger partial charge in [0.05, 0.1) is 16.0 Å². The lowest BCUT2D eigenvalue weighted by molar-refractivity contribution is -0.384. The number of amides is 1. The molecule has 0 saturated heterocycles. The largest absolute Gasteiger partial charge is 0.292 e. The van der Waals surface area contributed by atoms with E-state index in [-0.39, 0.29) is 16.9 Å². The Balaban J connectivity index is 1.91. The molecule has 0 aliphatic rings. The van der Waals surface area contributed by atoms with Gasteiger partial charge in [0.2, 0.25) is 0 Å². The van der Waals surface area contributed by atoms with Crippen LogP contribution in [0.1, 0.15) is 36.3 Å². The zero-order chi connectivity index (χ0) is 21.0. The van der Waals surface area contributed by atoms with E-state index in [1.807, 2.05) is 6.92 Å². The number of aromatic nitrogens is 2. The quantitative estimate of drug-likeness (QED) is 0.392. The average Bonchev–Trinajstić information content (AvgIpc) is 2.74. The van der Waals surface area contributed by atoms with Gasteiger partial charge in [-0.25, -0.2) is 10.1 Å². The molecular weight excluding hydrogens is 374 g/mol. The van der Waals surface area contributed by atoms with E-state index in [0.717, 1.165) is 0 Å². The number of benzene rings is 2. The Kier molecular flexibility index (Phi) is 5.77. The number of carbonyl (C=O) groups is 1. The zero-order valence-electron chi connectivity index (χ0n) is 16.0. The van der Waals surface area contributed by atoms with Crippen LogP contribution in [0.4, 0.5) is 5.69 Å². The molecule has 0 saturated carbocycles. The smallest absolute Gasteiger partial charge is 0.267 e. The first-order valence-electron chi connectivity index (χ1n) is 9.01. The molecule has 1 heterocycles. The third-order valence-electron chi connectivity index (χ3n) is 4.34. The third kappa shape index (κ3) is 4.18. The lowest BCUT2D eigenvalue weighted by Crippen LogP contribution is -2.29. The van der Waals surface area contributed by atoms with E-state index in [1.54, 1.807) is 43.3 Å². The Morgan fingerprint density at radius 2 is 1.83 bits per heavy atom. The van der Waals surface area contributed by atoms with E-state index in [4.69, 9.17) is 0 Å². The molecule has 1 N–H and O–H groups in total. The van der Waals surface area contributed by atoms with E-state index in [2.05, 4.69) is 15.6 Å². The Morgan fingerprint density at radius 3 is 2.45 bits per heavy atom. The van der Waals surface area contributed by atoms with Crippen molar-refractivity contribution in [1.82, 2.24) is 15.2 Å². The number of nitro benzene ring substituents is 1. The molecule has 0 unspecified atom stereocenters. The molecule has 1 amide bonds. The monoisotopic (exact) mass is 393 g/mol. The highest BCUT2D eigenvalue weighted by molar-refractivity contribution is 6.06. The van der Waals surface area contributed by atoms with Crippen molar-refractivity contribution in [3.8, 4) is 0 Å². The summed E-state index contributed by atoms with van der Waals surface area (Å²) in [5.74, 6) is -0.549. The van der Waals surface area contributed by atoms with Crippen molar-refractivity contribution in [3.63, 3.8) is 0 Å². The second-order valence-corrected chi connectivity index (χ2v) is 6.36. The van der Waals surface area contributed by atoms with Gasteiger partial charge in [-0.2, -0.15) is 10.2 Å². The van der Waals surface area contributed by atoms with Gasteiger partial charge in [-0.15, -0.1) is 0 Å². The summed E-state index contributed by atoms with van der Waals surface area (Å²) in [5, 5.41) is 19.9. The van der Waals surface area contributed by atoms with Crippen LogP contribution in [0.15, 0.2) is 58.4 Å². The highest BCUT2D eigenvalue weighted by atomic mass is 16.6. The van der Waals surface area contributed by atoms with E-state index < -0.39 is 10.8 Å². The molecule has 0 atom stereocenters. The van der Waals surface area contributed by atoms with Crippen LogP contribution < -0.4 is 11.0 Å². The number of rotatable bonds is 6. The summed E-state index contributed by atoms with van der Waals surface area (Å²) in [4.78, 5) is 35.5. The molecule has 0 radical (unpaired) electrons. The molecule has 1 aromatic heterocycles. The van der Waals surface area contributed by atoms with Gasteiger partial charge in [0.15, 0.2) is 5.69 Å². The van der Waals surface area contributed by atoms with Crippen LogP contribution in [0.25, 0.3) is 10.8 Å². The van der Waals surface area contributed by atoms with Crippen LogP contribution in [-0.4, -0.2) is 26.3 Å². The van der Waals surface area contributed by atoms with Crippen molar-refractivity contribution in [2.24, 2.45) is 5.10 Å². The Morgan fingerprint density at radius 1 is 1.17 bits per heavy atom. The minimum atomic E-state index is -0.549. The number of fused-ring (bicyclic) bond motifs is 1. The van der Waals surface area contributed by atoms with Gasteiger partial charge in [-0.3, -0.25) is 19.7 Å². The molecule has 3 aromatic rings. The molecule has 3 rings (SSSR count). The number of aryl methyl sites for hydroxylation is 1. The predicted molar refractivity (Wildman–Crippen MR) is 109 cm³/mol. The molecule has 0 spiro atoms. The minimum Gasteiger partial charge on any atom is -0.267 e. The summed E-state index contributed by atoms with van der Waals surface area (Å²) in [5.41, 5.74) is 3.39. The summed E-state index contributed by atoms with van der Waals surface area (Å²) < 4.78 is 1.28. The number of nitrogens with zero attached hydrogens (tertiary/aromatic N) is 4. The number of nitrogens with one attached hydrogen (secondary N) is 1. The Labute approximate surface area is 165 Å². The van der Waals surface area contributed by atoms with Crippen LogP contribution in [-0.2, 0) is 6.54 Å². The number of hydrogen-bond donors (Lipinski definition) is 1. The van der Waals surface area contributed by atoms with Crippen molar-refractivity contribution < 1.29 is 9.72 Å². The number of hydrogen-bond acceptors (Lipinski definition) is 6. The summed E-state index contributed by atoms with van der Waals surface area (Å²) in [6, 6.07) is 12.6. The predicted octanol–water partition coefficient (Wildman–Crippen LogP) is 2.87. The van der Waals surface area contributed by atoms with Crippen molar-refractivity contribution >= 4 is 28.1 Å². The number of hydrazone groups is 1. The summed E-state index contributed by atoms with van der Waals surface area (Å²) >= 11 is 0. The van der Waals surface area contributed by atoms with Gasteiger partial charge in [0.1, 0.15) is 0 Å². The maximum absolute atomic E-state index is 12.7. The molecule has 2 aromatic carbocycles. The van der Waals surface area contributed by atoms with Crippen molar-refractivity contribution in [2.75, 3.05) is 0 Å². The third-order valence-corrected chi connectivity index (χ3v) is 4.34. The van der Waals surface area contributed by atoms with Crippen LogP contribution in [0, 0.1) is 10.1 Å². The highest BCUT2D eigenvalue weighted by Crippen LogP contribution is 2.14. The SMILES string of the molecule is CCCn1nc(C(=O)N/N=C(/C)c2ccc([N+](=O)[O-])cc2)c2ccccc2c1=O. The average molecular weight is 393 g/mol. The molecule has 0 aliphatic carbocycles. The van der Waals surface area contributed by atoms with E-state index in [1.165, 1.54) is 16.8 Å². The normalized spacial score (nSPS) is 11.4. The van der Waals surface area contributed by atoms with Crippen molar-refractivity contribution in [1.29, 1.82) is 0 Å². The Hall–Kier alpha value is -3.88. The Bertz CT molecular complexity index is 1170. The van der Waals surface area contributed by atoms with E-state index in [0.29, 0.717) is 35.0 Å². The first-order valence-corrected chi connectivity index (χ1v) is 9.01. The lowest BCUT2D eigenvalue weighted by Gasteiger charge is -2.09. The lowest BCUT2D eigenvalue weighted by atomic mass is 10.1. The minimum absolute atomic E-state index is 0.0283. The van der Waals surface area contributed by atoms with Crippen LogP contribution in [0.2, 0.25) is 0 Å². The fourth-order valence-electron chi connectivity index (χ4n) is 2.84. The van der Waals surface area contributed by atoms with Crippen molar-refractivity contribution in [2.45, 2.75) is 26.8 Å². The topological polar surface area (TPSA) is 119 Å². The van der Waals surface area contributed by atoms with Gasteiger partial charge in [-0.1, -0.05) is 25.1 Å². The molecule has 9 nitrogen and oxygen atoms in total. The number of nitro groups is 1. The first kappa shape index (κ1) is 19.9. The molecule has 0 aliphatic heterocycles. The fourth-order valence-corrected chi connectivity index (χ4v) is 2.84. The molecule has 0 bridgehead atoms. The summed E-state index contributed by atoms with van der Waals surface area (Å²) in [7, 11) is 0. The second kappa shape index (κ2) is 8.42. The maximum atomic E-state index is 12.7. The van der Waals surface area contributed by atoms with E-state index in [9.17, 15) is 19.7 Å². The van der Waals surface area contributed by atoms with Crippen molar-refractivity contribution in [3.05, 3.63) is 80.3 Å². The van der Waals surface area contributed by atoms with Crippen LogP contribution in [0.5, 0.6) is 0 Å². The molecule has 0 fully saturated rings.